The standard InChI is InChI=1S/C41H38/c1-40(2,3)31-17-11-26(12-18-31)28-15-21-34-35-22-16-29(27-13-19-32(20-14-27)41(4,5)6)24-37(35)39-33-10-8-7-9-30(33)25-38(39)36(34)23-28/h7-24H,25H2,1-6H3. The summed E-state index contributed by atoms with van der Waals surface area (Å²) in [4.78, 5) is 0. The minimum atomic E-state index is 0.152. The largest absolute Gasteiger partial charge is 0.0619 e. The summed E-state index contributed by atoms with van der Waals surface area (Å²) in [6, 6.07) is 41.5. The first-order chi connectivity index (χ1) is 19.6. The summed E-state index contributed by atoms with van der Waals surface area (Å²) in [5.74, 6) is 0. The molecule has 1 aliphatic carbocycles. The number of rotatable bonds is 2. The molecule has 0 saturated carbocycles. The van der Waals surface area contributed by atoms with Crippen molar-refractivity contribution in [3.63, 3.8) is 0 Å². The van der Waals surface area contributed by atoms with Crippen molar-refractivity contribution in [2.45, 2.75) is 58.8 Å². The molecule has 0 aliphatic heterocycles. The van der Waals surface area contributed by atoms with E-state index in [0.717, 1.165) is 6.42 Å². The third-order valence-corrected chi connectivity index (χ3v) is 9.05. The van der Waals surface area contributed by atoms with E-state index in [2.05, 4.69) is 151 Å². The van der Waals surface area contributed by atoms with E-state index in [-0.39, 0.29) is 10.8 Å². The summed E-state index contributed by atoms with van der Waals surface area (Å²) < 4.78 is 0. The van der Waals surface area contributed by atoms with Crippen LogP contribution in [0.5, 0.6) is 0 Å². The predicted molar refractivity (Wildman–Crippen MR) is 178 cm³/mol. The van der Waals surface area contributed by atoms with Gasteiger partial charge in [-0.3, -0.25) is 0 Å². The van der Waals surface area contributed by atoms with Gasteiger partial charge < -0.3 is 0 Å². The Labute approximate surface area is 244 Å². The predicted octanol–water partition coefficient (Wildman–Crippen LogP) is 11.5. The molecule has 0 nitrogen and oxygen atoms in total. The molecule has 0 saturated heterocycles. The summed E-state index contributed by atoms with van der Waals surface area (Å²) in [5, 5.41) is 5.41. The molecule has 41 heavy (non-hydrogen) atoms. The highest BCUT2D eigenvalue weighted by Crippen LogP contribution is 2.47. The van der Waals surface area contributed by atoms with Gasteiger partial charge in [0.25, 0.3) is 0 Å². The summed E-state index contributed by atoms with van der Waals surface area (Å²) >= 11 is 0. The maximum atomic E-state index is 2.44. The van der Waals surface area contributed by atoms with E-state index in [4.69, 9.17) is 0 Å². The van der Waals surface area contributed by atoms with Gasteiger partial charge in [0.05, 0.1) is 0 Å². The zero-order chi connectivity index (χ0) is 28.5. The average Bonchev–Trinajstić information content (AvgIpc) is 3.36. The van der Waals surface area contributed by atoms with E-state index in [1.165, 1.54) is 77.2 Å². The van der Waals surface area contributed by atoms with Gasteiger partial charge in [-0.25, -0.2) is 0 Å². The number of fused-ring (bicyclic) bond motifs is 8. The highest BCUT2D eigenvalue weighted by Gasteiger charge is 2.24. The van der Waals surface area contributed by atoms with Crippen molar-refractivity contribution in [3.05, 3.63) is 131 Å². The Balaban J connectivity index is 1.43. The second-order valence-corrected chi connectivity index (χ2v) is 13.9. The summed E-state index contributed by atoms with van der Waals surface area (Å²) in [6.45, 7) is 13.6. The quantitative estimate of drug-likeness (QED) is 0.195. The van der Waals surface area contributed by atoms with Crippen LogP contribution in [0.3, 0.4) is 0 Å². The molecule has 6 aromatic carbocycles. The van der Waals surface area contributed by atoms with Crippen LogP contribution in [0.25, 0.3) is 54.9 Å². The van der Waals surface area contributed by atoms with E-state index in [1.807, 2.05) is 0 Å². The van der Waals surface area contributed by atoms with Gasteiger partial charge in [0, 0.05) is 0 Å². The molecule has 0 amide bonds. The fourth-order valence-corrected chi connectivity index (χ4v) is 6.60. The molecule has 0 N–H and O–H groups in total. The van der Waals surface area contributed by atoms with Crippen LogP contribution in [-0.2, 0) is 17.3 Å². The third-order valence-electron chi connectivity index (χ3n) is 9.05. The van der Waals surface area contributed by atoms with Crippen molar-refractivity contribution >= 4 is 21.5 Å². The number of hydrogen-bond donors (Lipinski definition) is 0. The van der Waals surface area contributed by atoms with Crippen LogP contribution in [-0.4, -0.2) is 0 Å². The molecule has 0 heteroatoms. The molecule has 0 bridgehead atoms. The molecule has 0 fully saturated rings. The molecule has 0 aromatic heterocycles. The Morgan fingerprint density at radius 3 is 1.44 bits per heavy atom. The van der Waals surface area contributed by atoms with Crippen molar-refractivity contribution in [1.82, 2.24) is 0 Å². The van der Waals surface area contributed by atoms with E-state index in [1.54, 1.807) is 0 Å². The minimum Gasteiger partial charge on any atom is -0.0619 e. The zero-order valence-electron chi connectivity index (χ0n) is 25.1. The van der Waals surface area contributed by atoms with Crippen LogP contribution in [0.15, 0.2) is 109 Å². The monoisotopic (exact) mass is 530 g/mol. The first-order valence-corrected chi connectivity index (χ1v) is 14.9. The molecule has 7 rings (SSSR count). The van der Waals surface area contributed by atoms with Crippen LogP contribution in [0, 0.1) is 0 Å². The second kappa shape index (κ2) is 9.18. The second-order valence-electron chi connectivity index (χ2n) is 13.9. The van der Waals surface area contributed by atoms with E-state index < -0.39 is 0 Å². The van der Waals surface area contributed by atoms with E-state index in [0.29, 0.717) is 0 Å². The Hall–Kier alpha value is -4.16. The Morgan fingerprint density at radius 1 is 0.439 bits per heavy atom. The molecular weight excluding hydrogens is 492 g/mol. The van der Waals surface area contributed by atoms with Crippen molar-refractivity contribution < 1.29 is 0 Å². The SMILES string of the molecule is CC(C)(C)c1ccc(-c2ccc3c(c2)c2c(c4cc(-c5ccc(C(C)(C)C)cc5)ccc43)-c3ccccc3C2)cc1. The number of hydrogen-bond acceptors (Lipinski definition) is 0. The van der Waals surface area contributed by atoms with Crippen molar-refractivity contribution in [2.24, 2.45) is 0 Å². The zero-order valence-corrected chi connectivity index (χ0v) is 25.1. The Morgan fingerprint density at radius 2 is 0.902 bits per heavy atom. The number of benzene rings is 6. The topological polar surface area (TPSA) is 0 Å². The lowest BCUT2D eigenvalue weighted by Crippen LogP contribution is -2.10. The first-order valence-electron chi connectivity index (χ1n) is 14.9. The summed E-state index contributed by atoms with van der Waals surface area (Å²) in [7, 11) is 0. The van der Waals surface area contributed by atoms with Crippen molar-refractivity contribution in [1.29, 1.82) is 0 Å². The maximum absolute atomic E-state index is 2.44. The third kappa shape index (κ3) is 4.38. The Bertz CT molecular complexity index is 1940. The molecule has 1 aliphatic rings. The fraction of sp³-hybridized carbons (Fsp3) is 0.220. The molecule has 0 unspecified atom stereocenters. The summed E-state index contributed by atoms with van der Waals surface area (Å²) in [6.07, 6.45) is 0.981. The molecule has 0 spiro atoms. The van der Waals surface area contributed by atoms with Gasteiger partial charge in [0.15, 0.2) is 0 Å². The highest BCUT2D eigenvalue weighted by molar-refractivity contribution is 6.18. The molecule has 0 heterocycles. The molecule has 0 atom stereocenters. The normalized spacial score (nSPS) is 13.0. The Kier molecular flexibility index (Phi) is 5.77. The first kappa shape index (κ1) is 25.8. The van der Waals surface area contributed by atoms with Crippen LogP contribution in [0.1, 0.15) is 63.8 Å². The van der Waals surface area contributed by atoms with Crippen LogP contribution in [0.2, 0.25) is 0 Å². The van der Waals surface area contributed by atoms with Crippen LogP contribution >= 0.6 is 0 Å². The van der Waals surface area contributed by atoms with Crippen molar-refractivity contribution in [2.75, 3.05) is 0 Å². The van der Waals surface area contributed by atoms with Crippen LogP contribution in [0.4, 0.5) is 0 Å². The van der Waals surface area contributed by atoms with Gasteiger partial charge in [-0.2, -0.15) is 0 Å². The van der Waals surface area contributed by atoms with Crippen molar-refractivity contribution in [3.8, 4) is 33.4 Å². The molecule has 0 radical (unpaired) electrons. The smallest absolute Gasteiger partial charge is 0.000705 e. The van der Waals surface area contributed by atoms with Gasteiger partial charge in [-0.05, 0) is 107 Å². The van der Waals surface area contributed by atoms with Gasteiger partial charge in [0.1, 0.15) is 0 Å². The molecular formula is C41H38. The fourth-order valence-electron chi connectivity index (χ4n) is 6.60. The van der Waals surface area contributed by atoms with Gasteiger partial charge in [-0.15, -0.1) is 0 Å². The van der Waals surface area contributed by atoms with Gasteiger partial charge in [0.2, 0.25) is 0 Å². The lowest BCUT2D eigenvalue weighted by atomic mass is 9.85. The highest BCUT2D eigenvalue weighted by atomic mass is 14.3. The lowest BCUT2D eigenvalue weighted by Gasteiger charge is -2.20. The maximum Gasteiger partial charge on any atom is -0.000705 e. The van der Waals surface area contributed by atoms with E-state index in [9.17, 15) is 0 Å². The molecule has 202 valence electrons. The van der Waals surface area contributed by atoms with Crippen LogP contribution < -0.4 is 0 Å². The molecule has 6 aromatic rings. The minimum absolute atomic E-state index is 0.152. The van der Waals surface area contributed by atoms with E-state index >= 15 is 0 Å². The average molecular weight is 531 g/mol. The summed E-state index contributed by atoms with van der Waals surface area (Å²) in [5.41, 5.74) is 13.8. The lowest BCUT2D eigenvalue weighted by molar-refractivity contribution is 0.590. The van der Waals surface area contributed by atoms with Gasteiger partial charge in [-0.1, -0.05) is 139 Å². The van der Waals surface area contributed by atoms with Gasteiger partial charge >= 0.3 is 0 Å².